The van der Waals surface area contributed by atoms with Gasteiger partial charge < -0.3 is 10.2 Å². The zero-order valence-corrected chi connectivity index (χ0v) is 13.0. The van der Waals surface area contributed by atoms with Crippen molar-refractivity contribution in [1.82, 2.24) is 10.2 Å². The van der Waals surface area contributed by atoms with Crippen LogP contribution in [0.3, 0.4) is 0 Å². The molecule has 1 saturated heterocycles. The molecule has 0 bridgehead atoms. The van der Waals surface area contributed by atoms with E-state index in [-0.39, 0.29) is 11.8 Å². The molecule has 2 amide bonds. The van der Waals surface area contributed by atoms with Gasteiger partial charge in [-0.1, -0.05) is 6.07 Å². The van der Waals surface area contributed by atoms with Crippen LogP contribution in [0.15, 0.2) is 17.5 Å². The van der Waals surface area contributed by atoms with Crippen molar-refractivity contribution < 1.29 is 9.59 Å². The Balaban J connectivity index is 1.37. The first-order valence-corrected chi connectivity index (χ1v) is 8.71. The van der Waals surface area contributed by atoms with E-state index in [4.69, 9.17) is 0 Å². The minimum absolute atomic E-state index is 0.0802. The van der Waals surface area contributed by atoms with Crippen LogP contribution in [0, 0.1) is 11.8 Å². The zero-order valence-electron chi connectivity index (χ0n) is 12.2. The molecule has 114 valence electrons. The molecule has 5 heteroatoms. The number of nitrogens with one attached hydrogen (secondary N) is 1. The Labute approximate surface area is 129 Å². The Morgan fingerprint density at radius 1 is 1.19 bits per heavy atom. The largest absolute Gasteiger partial charge is 0.355 e. The van der Waals surface area contributed by atoms with Crippen molar-refractivity contribution in [2.45, 2.75) is 32.1 Å². The minimum Gasteiger partial charge on any atom is -0.355 e. The summed E-state index contributed by atoms with van der Waals surface area (Å²) in [6.07, 6.45) is 4.64. The Kier molecular flexibility index (Phi) is 4.58. The van der Waals surface area contributed by atoms with E-state index < -0.39 is 0 Å². The first kappa shape index (κ1) is 14.6. The lowest BCUT2D eigenvalue weighted by Gasteiger charge is -2.31. The van der Waals surface area contributed by atoms with Crippen molar-refractivity contribution in [2.24, 2.45) is 11.8 Å². The summed E-state index contributed by atoms with van der Waals surface area (Å²) in [6.45, 7) is 2.21. The van der Waals surface area contributed by atoms with Crippen molar-refractivity contribution >= 4 is 23.2 Å². The molecular formula is C16H22N2O2S. The van der Waals surface area contributed by atoms with E-state index in [0.717, 1.165) is 45.2 Å². The lowest BCUT2D eigenvalue weighted by atomic mass is 9.95. The van der Waals surface area contributed by atoms with Crippen LogP contribution in [0.5, 0.6) is 0 Å². The summed E-state index contributed by atoms with van der Waals surface area (Å²) in [7, 11) is 0. The molecular weight excluding hydrogens is 284 g/mol. The molecule has 2 heterocycles. The molecule has 1 aliphatic carbocycles. The maximum absolute atomic E-state index is 12.1. The lowest BCUT2D eigenvalue weighted by molar-refractivity contribution is -0.136. The molecule has 1 aliphatic heterocycles. The van der Waals surface area contributed by atoms with E-state index in [1.807, 2.05) is 11.0 Å². The highest BCUT2D eigenvalue weighted by atomic mass is 32.1. The fourth-order valence-electron chi connectivity index (χ4n) is 2.86. The molecule has 2 fully saturated rings. The predicted octanol–water partition coefficient (Wildman–Crippen LogP) is 2.06. The van der Waals surface area contributed by atoms with Crippen molar-refractivity contribution in [1.29, 1.82) is 0 Å². The monoisotopic (exact) mass is 306 g/mol. The van der Waals surface area contributed by atoms with Crippen LogP contribution in [-0.4, -0.2) is 36.3 Å². The average Bonchev–Trinajstić information content (AvgIpc) is 3.24. The molecule has 1 aromatic rings. The normalized spacial score (nSPS) is 19.5. The van der Waals surface area contributed by atoms with Gasteiger partial charge in [0.2, 0.25) is 11.8 Å². The van der Waals surface area contributed by atoms with E-state index in [1.54, 1.807) is 11.3 Å². The summed E-state index contributed by atoms with van der Waals surface area (Å²) in [5.74, 6) is 0.842. The zero-order chi connectivity index (χ0) is 14.7. The van der Waals surface area contributed by atoms with Gasteiger partial charge in [-0.05, 0) is 43.6 Å². The van der Waals surface area contributed by atoms with Gasteiger partial charge in [-0.3, -0.25) is 9.59 Å². The summed E-state index contributed by atoms with van der Waals surface area (Å²) >= 11 is 1.73. The number of thiophene rings is 1. The fraction of sp³-hybridized carbons (Fsp3) is 0.625. The summed E-state index contributed by atoms with van der Waals surface area (Å²) in [6, 6.07) is 4.13. The number of carbonyl (C=O) groups is 2. The molecule has 0 radical (unpaired) electrons. The second-order valence-electron chi connectivity index (χ2n) is 5.99. The van der Waals surface area contributed by atoms with Crippen LogP contribution < -0.4 is 5.32 Å². The third kappa shape index (κ3) is 3.84. The Bertz CT molecular complexity index is 488. The highest BCUT2D eigenvalue weighted by Gasteiger charge is 2.35. The van der Waals surface area contributed by atoms with Crippen molar-refractivity contribution in [3.05, 3.63) is 22.4 Å². The molecule has 0 aromatic carbocycles. The summed E-state index contributed by atoms with van der Waals surface area (Å²) in [5, 5.41) is 5.09. The van der Waals surface area contributed by atoms with Crippen LogP contribution in [0.2, 0.25) is 0 Å². The second-order valence-corrected chi connectivity index (χ2v) is 7.03. The number of rotatable bonds is 5. The number of carbonyl (C=O) groups excluding carboxylic acids is 2. The van der Waals surface area contributed by atoms with Crippen molar-refractivity contribution in [3.63, 3.8) is 0 Å². The van der Waals surface area contributed by atoms with Gasteiger partial charge in [-0.15, -0.1) is 11.3 Å². The first-order chi connectivity index (χ1) is 10.2. The second kappa shape index (κ2) is 6.60. The Morgan fingerprint density at radius 2 is 1.95 bits per heavy atom. The standard InChI is InChI=1S/C16H22N2O2S/c19-15(17-8-5-14-2-1-11-21-14)12-6-9-18(10-7-12)16(20)13-3-4-13/h1-2,11-13H,3-10H2,(H,17,19). The van der Waals surface area contributed by atoms with Crippen molar-refractivity contribution in [3.8, 4) is 0 Å². The van der Waals surface area contributed by atoms with Crippen LogP contribution in [0.1, 0.15) is 30.6 Å². The molecule has 0 spiro atoms. The van der Waals surface area contributed by atoms with Gasteiger partial charge in [0, 0.05) is 36.3 Å². The highest BCUT2D eigenvalue weighted by molar-refractivity contribution is 7.09. The van der Waals surface area contributed by atoms with E-state index in [2.05, 4.69) is 16.8 Å². The summed E-state index contributed by atoms with van der Waals surface area (Å²) in [4.78, 5) is 27.4. The predicted molar refractivity (Wildman–Crippen MR) is 83.1 cm³/mol. The summed E-state index contributed by atoms with van der Waals surface area (Å²) in [5.41, 5.74) is 0. The van der Waals surface area contributed by atoms with E-state index in [0.29, 0.717) is 18.4 Å². The number of nitrogens with zero attached hydrogens (tertiary/aromatic N) is 1. The maximum Gasteiger partial charge on any atom is 0.225 e. The Hall–Kier alpha value is -1.36. The van der Waals surface area contributed by atoms with Crippen LogP contribution >= 0.6 is 11.3 Å². The number of hydrogen-bond donors (Lipinski definition) is 1. The molecule has 4 nitrogen and oxygen atoms in total. The highest BCUT2D eigenvalue weighted by Crippen LogP contribution is 2.32. The van der Waals surface area contributed by atoms with E-state index >= 15 is 0 Å². The number of piperidine rings is 1. The minimum atomic E-state index is 0.0802. The SMILES string of the molecule is O=C(NCCc1cccs1)C1CCN(C(=O)C2CC2)CC1. The quantitative estimate of drug-likeness (QED) is 0.905. The van der Waals surface area contributed by atoms with Gasteiger partial charge >= 0.3 is 0 Å². The van der Waals surface area contributed by atoms with Gasteiger partial charge in [0.15, 0.2) is 0 Å². The first-order valence-electron chi connectivity index (χ1n) is 7.83. The average molecular weight is 306 g/mol. The number of hydrogen-bond acceptors (Lipinski definition) is 3. The lowest BCUT2D eigenvalue weighted by Crippen LogP contribution is -2.43. The maximum atomic E-state index is 12.1. The molecule has 21 heavy (non-hydrogen) atoms. The third-order valence-corrected chi connectivity index (χ3v) is 5.29. The molecule has 0 unspecified atom stereocenters. The summed E-state index contributed by atoms with van der Waals surface area (Å²) < 4.78 is 0. The Morgan fingerprint density at radius 3 is 2.57 bits per heavy atom. The molecule has 1 saturated carbocycles. The number of amides is 2. The van der Waals surface area contributed by atoms with Gasteiger partial charge in [0.25, 0.3) is 0 Å². The van der Waals surface area contributed by atoms with E-state index in [9.17, 15) is 9.59 Å². The van der Waals surface area contributed by atoms with Gasteiger partial charge in [-0.25, -0.2) is 0 Å². The molecule has 1 aromatic heterocycles. The van der Waals surface area contributed by atoms with Crippen LogP contribution in [-0.2, 0) is 16.0 Å². The van der Waals surface area contributed by atoms with Crippen LogP contribution in [0.25, 0.3) is 0 Å². The smallest absolute Gasteiger partial charge is 0.225 e. The molecule has 2 aliphatic rings. The van der Waals surface area contributed by atoms with Gasteiger partial charge in [0.1, 0.15) is 0 Å². The third-order valence-electron chi connectivity index (χ3n) is 4.35. The molecule has 0 atom stereocenters. The fourth-order valence-corrected chi connectivity index (χ4v) is 3.57. The van der Waals surface area contributed by atoms with Gasteiger partial charge in [0.05, 0.1) is 0 Å². The van der Waals surface area contributed by atoms with Crippen LogP contribution in [0.4, 0.5) is 0 Å². The topological polar surface area (TPSA) is 49.4 Å². The number of likely N-dealkylation sites (tertiary alicyclic amines) is 1. The van der Waals surface area contributed by atoms with E-state index in [1.165, 1.54) is 4.88 Å². The molecule has 3 rings (SSSR count). The van der Waals surface area contributed by atoms with Crippen molar-refractivity contribution in [2.75, 3.05) is 19.6 Å². The molecule has 1 N–H and O–H groups in total. The van der Waals surface area contributed by atoms with Gasteiger partial charge in [-0.2, -0.15) is 0 Å².